The topological polar surface area (TPSA) is 17.1 Å². The first-order chi connectivity index (χ1) is 1.91. The molecular formula is HBOS2. The van der Waals surface area contributed by atoms with Gasteiger partial charge in [0.25, 0.3) is 0 Å². The Labute approximate surface area is 33.9 Å². The summed E-state index contributed by atoms with van der Waals surface area (Å²) in [6, 6.07) is 0. The van der Waals surface area contributed by atoms with Crippen LogP contribution in [0.15, 0.2) is 0 Å². The average Bonchev–Trinajstić information content (AvgIpc) is 1.37. The van der Waals surface area contributed by atoms with Gasteiger partial charge in [0, 0.05) is 0 Å². The van der Waals surface area contributed by atoms with Crippen molar-refractivity contribution in [1.29, 1.82) is 0 Å². The number of hydrogen-bond donors (Lipinski definition) is 1. The van der Waals surface area contributed by atoms with Gasteiger partial charge >= 0.3 is 33.2 Å². The molecule has 0 radical (unpaired) electrons. The Hall–Kier alpha value is 0.435. The van der Waals surface area contributed by atoms with E-state index in [1.807, 2.05) is 0 Å². The van der Waals surface area contributed by atoms with Gasteiger partial charge in [-0.25, -0.2) is 0 Å². The zero-order valence-electron chi connectivity index (χ0n) is 1.84. The van der Waals surface area contributed by atoms with Crippen molar-refractivity contribution in [3.8, 4) is 0 Å². The number of hydrogen-bond acceptors (Lipinski definition) is 1. The van der Waals surface area contributed by atoms with E-state index in [0.717, 1.165) is 0 Å². The third kappa shape index (κ3) is 2.43. The normalized spacial score (nSPS) is 4.25. The molecule has 0 aromatic heterocycles. The molecule has 0 aliphatic rings. The first-order valence-corrected chi connectivity index (χ1v) is 1.98. The minimum atomic E-state index is 0.346. The van der Waals surface area contributed by atoms with Crippen LogP contribution in [0, 0.1) is 0 Å². The van der Waals surface area contributed by atoms with Gasteiger partial charge in [-0.1, -0.05) is 0 Å². The average molecular weight is 92.0 g/mol. The molecule has 4 heteroatoms. The molecule has 0 unspecified atom stereocenters. The van der Waals surface area contributed by atoms with Gasteiger partial charge in [-0.15, -0.1) is 0 Å². The van der Waals surface area contributed by atoms with Crippen molar-refractivity contribution < 1.29 is 4.21 Å². The van der Waals surface area contributed by atoms with Gasteiger partial charge < -0.3 is 0 Å². The SMILES string of the molecule is O=S=BS. The van der Waals surface area contributed by atoms with Gasteiger partial charge in [0.15, 0.2) is 0 Å². The van der Waals surface area contributed by atoms with Crippen LogP contribution in [0.2, 0.25) is 0 Å². The van der Waals surface area contributed by atoms with Gasteiger partial charge in [-0.3, -0.25) is 0 Å². The van der Waals surface area contributed by atoms with Crippen LogP contribution in [0.4, 0.5) is 0 Å². The summed E-state index contributed by atoms with van der Waals surface area (Å²) in [5, 5.41) is 0. The van der Waals surface area contributed by atoms with E-state index in [-0.39, 0.29) is 0 Å². The van der Waals surface area contributed by atoms with Crippen LogP contribution in [0.25, 0.3) is 0 Å². The van der Waals surface area contributed by atoms with Crippen molar-refractivity contribution in [3.05, 3.63) is 0 Å². The summed E-state index contributed by atoms with van der Waals surface area (Å²) in [5.41, 5.74) is 1.18. The summed E-state index contributed by atoms with van der Waals surface area (Å²) in [5.74, 6) is 0. The van der Waals surface area contributed by atoms with Crippen molar-refractivity contribution in [1.82, 2.24) is 0 Å². The van der Waals surface area contributed by atoms with E-state index in [1.54, 1.807) is 0 Å². The van der Waals surface area contributed by atoms with Crippen molar-refractivity contribution in [3.63, 3.8) is 0 Å². The van der Waals surface area contributed by atoms with Crippen molar-refractivity contribution in [2.75, 3.05) is 0 Å². The van der Waals surface area contributed by atoms with Crippen LogP contribution in [-0.4, -0.2) is 9.64 Å². The Balaban J connectivity index is 3.11. The maximum absolute atomic E-state index is 9.08. The Bertz CT molecular complexity index is 44.0. The molecule has 1 nitrogen and oxygen atoms in total. The summed E-state index contributed by atoms with van der Waals surface area (Å²) in [4.78, 5) is 0. The fourth-order valence-electron chi connectivity index (χ4n) is 0. The molecule has 0 spiro atoms. The van der Waals surface area contributed by atoms with E-state index >= 15 is 0 Å². The summed E-state index contributed by atoms with van der Waals surface area (Å²) in [6.45, 7) is 0. The van der Waals surface area contributed by atoms with E-state index < -0.39 is 0 Å². The molecule has 0 aromatic rings. The molecule has 0 heterocycles. The molecule has 0 aliphatic carbocycles. The van der Waals surface area contributed by atoms with Gasteiger partial charge in [0.2, 0.25) is 0 Å². The molecule has 22 valence electrons. The Morgan fingerprint density at radius 3 is 2.25 bits per heavy atom. The Morgan fingerprint density at radius 1 is 2.00 bits per heavy atom. The second-order valence-corrected chi connectivity index (χ2v) is 1.24. The Morgan fingerprint density at radius 2 is 2.25 bits per heavy atom. The molecule has 4 heavy (non-hydrogen) atoms. The summed E-state index contributed by atoms with van der Waals surface area (Å²) in [6.07, 6.45) is 0. The molecule has 0 aromatic carbocycles. The minimum absolute atomic E-state index is 0.346. The molecule has 0 atom stereocenters. The van der Waals surface area contributed by atoms with E-state index in [2.05, 4.69) is 12.5 Å². The zero-order valence-corrected chi connectivity index (χ0v) is 3.55. The fourth-order valence-corrected chi connectivity index (χ4v) is 0. The standard InChI is InChI=1S/BHOS2/c2-4-1-3/h3H. The zero-order chi connectivity index (χ0) is 3.41. The van der Waals surface area contributed by atoms with Gasteiger partial charge in [0.1, 0.15) is 0 Å². The van der Waals surface area contributed by atoms with E-state index in [4.69, 9.17) is 4.21 Å². The van der Waals surface area contributed by atoms with E-state index in [9.17, 15) is 0 Å². The molecule has 0 rings (SSSR count). The van der Waals surface area contributed by atoms with Crippen LogP contribution >= 0.6 is 12.5 Å². The Kier molecular flexibility index (Phi) is 3.81. The first-order valence-electron chi connectivity index (χ1n) is 0.661. The quantitative estimate of drug-likeness (QED) is 0.319. The second kappa shape index (κ2) is 3.43. The number of thiol groups is 1. The van der Waals surface area contributed by atoms with Crippen LogP contribution < -0.4 is 0 Å². The second-order valence-electron chi connectivity index (χ2n) is 0.202. The third-order valence-electron chi connectivity index (χ3n) is 0.0430. The maximum atomic E-state index is 9.08. The molecule has 0 saturated heterocycles. The predicted molar refractivity (Wildman–Crippen MR) is 22.9 cm³/mol. The van der Waals surface area contributed by atoms with Gasteiger partial charge in [0.05, 0.1) is 0 Å². The summed E-state index contributed by atoms with van der Waals surface area (Å²) < 4.78 is 9.08. The van der Waals surface area contributed by atoms with E-state index in [0.29, 0.717) is 11.1 Å². The van der Waals surface area contributed by atoms with Crippen LogP contribution in [0.3, 0.4) is 0 Å². The molecular weight excluding hydrogens is 90.9 g/mol. The molecule has 0 N–H and O–H groups in total. The summed E-state index contributed by atoms with van der Waals surface area (Å²) >= 11 is 3.79. The van der Waals surface area contributed by atoms with Gasteiger partial charge in [-0.05, 0) is 0 Å². The molecule has 0 bridgehead atoms. The number of rotatable bonds is 0. The summed E-state index contributed by atoms with van der Waals surface area (Å²) in [7, 11) is 0. The van der Waals surface area contributed by atoms with Crippen LogP contribution in [0.1, 0.15) is 0 Å². The molecule has 0 aliphatic heterocycles. The van der Waals surface area contributed by atoms with E-state index in [1.165, 1.54) is 5.43 Å². The van der Waals surface area contributed by atoms with Crippen molar-refractivity contribution in [2.24, 2.45) is 0 Å². The molecule has 0 fully saturated rings. The van der Waals surface area contributed by atoms with Crippen LogP contribution in [-0.2, 0) is 11.1 Å². The van der Waals surface area contributed by atoms with Crippen LogP contribution in [0.5, 0.6) is 0 Å². The molecule has 0 amide bonds. The molecule has 0 saturated carbocycles. The van der Waals surface area contributed by atoms with Crippen molar-refractivity contribution >= 4 is 29.0 Å². The fraction of sp³-hybridized carbons (Fsp3) is 0. The van der Waals surface area contributed by atoms with Crippen molar-refractivity contribution in [2.45, 2.75) is 0 Å². The van der Waals surface area contributed by atoms with Gasteiger partial charge in [-0.2, -0.15) is 0 Å². The monoisotopic (exact) mass is 92.0 g/mol. The third-order valence-corrected chi connectivity index (χ3v) is 0.387. The predicted octanol–water partition coefficient (Wildman–Crippen LogP) is -0.337. The first kappa shape index (κ1) is 4.43.